The van der Waals surface area contributed by atoms with Gasteiger partial charge in [0, 0.05) is 18.5 Å². The van der Waals surface area contributed by atoms with Crippen LogP contribution in [-0.4, -0.2) is 24.9 Å². The Morgan fingerprint density at radius 2 is 1.91 bits per heavy atom. The van der Waals surface area contributed by atoms with Gasteiger partial charge in [-0.25, -0.2) is 4.39 Å². The van der Waals surface area contributed by atoms with Crippen LogP contribution in [0.1, 0.15) is 37.6 Å². The van der Waals surface area contributed by atoms with Gasteiger partial charge in [0.2, 0.25) is 5.91 Å². The van der Waals surface area contributed by atoms with Gasteiger partial charge < -0.3 is 16.4 Å². The Balaban J connectivity index is 0.00000484. The van der Waals surface area contributed by atoms with Crippen molar-refractivity contribution in [3.05, 3.63) is 29.6 Å². The van der Waals surface area contributed by atoms with E-state index in [0.717, 1.165) is 6.07 Å². The van der Waals surface area contributed by atoms with Crippen LogP contribution in [0, 0.1) is 17.7 Å². The maximum atomic E-state index is 14.0. The minimum Gasteiger partial charge on any atom is -0.352 e. The van der Waals surface area contributed by atoms with Crippen LogP contribution in [0.3, 0.4) is 0 Å². The second kappa shape index (κ2) is 10.2. The summed E-state index contributed by atoms with van der Waals surface area (Å²) in [5.74, 6) is -0.889. The summed E-state index contributed by atoms with van der Waals surface area (Å²) in [6.07, 6.45) is 0.318. The molecule has 1 rings (SSSR count). The molecule has 1 unspecified atom stereocenters. The minimum atomic E-state index is -0.628. The van der Waals surface area contributed by atoms with E-state index in [1.807, 2.05) is 20.8 Å². The zero-order chi connectivity index (χ0) is 16.7. The number of carbonyl (C=O) groups excluding carboxylic acids is 2. The molecule has 0 bridgehead atoms. The number of amides is 2. The first-order chi connectivity index (χ1) is 10.3. The molecule has 0 spiro atoms. The van der Waals surface area contributed by atoms with Gasteiger partial charge in [-0.1, -0.05) is 20.8 Å². The normalized spacial score (nSPS) is 11.6. The summed E-state index contributed by atoms with van der Waals surface area (Å²) < 4.78 is 14.0. The lowest BCUT2D eigenvalue weighted by Crippen LogP contribution is -2.31. The Morgan fingerprint density at radius 3 is 2.43 bits per heavy atom. The second-order valence-electron chi connectivity index (χ2n) is 5.89. The van der Waals surface area contributed by atoms with E-state index < -0.39 is 5.82 Å². The Hall–Kier alpha value is -1.66. The largest absolute Gasteiger partial charge is 0.352 e. The van der Waals surface area contributed by atoms with E-state index in [4.69, 9.17) is 5.73 Å². The maximum absolute atomic E-state index is 14.0. The molecule has 0 radical (unpaired) electrons. The van der Waals surface area contributed by atoms with Crippen molar-refractivity contribution in [2.24, 2.45) is 17.6 Å². The van der Waals surface area contributed by atoms with E-state index in [9.17, 15) is 14.0 Å². The standard InChI is InChI=1S/C16H24FN3O2.ClH/c1-10(2)6-15(21)20-14-5-4-12(7-13(14)17)16(22)19-9-11(3)8-18;/h4-5,7,10-11H,6,8-9,18H2,1-3H3,(H,19,22)(H,20,21);1H. The van der Waals surface area contributed by atoms with Gasteiger partial charge in [-0.05, 0) is 36.6 Å². The van der Waals surface area contributed by atoms with E-state index in [-0.39, 0.29) is 47.3 Å². The third-order valence-electron chi connectivity index (χ3n) is 3.11. The zero-order valence-corrected chi connectivity index (χ0v) is 14.5. The summed E-state index contributed by atoms with van der Waals surface area (Å²) in [6, 6.07) is 4.00. The topological polar surface area (TPSA) is 84.2 Å². The summed E-state index contributed by atoms with van der Waals surface area (Å²) >= 11 is 0. The molecule has 2 amide bonds. The predicted molar refractivity (Wildman–Crippen MR) is 92.3 cm³/mol. The summed E-state index contributed by atoms with van der Waals surface area (Å²) in [6.45, 7) is 6.63. The van der Waals surface area contributed by atoms with Crippen LogP contribution in [-0.2, 0) is 4.79 Å². The molecule has 1 atom stereocenters. The lowest BCUT2D eigenvalue weighted by molar-refractivity contribution is -0.116. The lowest BCUT2D eigenvalue weighted by Gasteiger charge is -2.11. The van der Waals surface area contributed by atoms with Crippen LogP contribution in [0.2, 0.25) is 0 Å². The highest BCUT2D eigenvalue weighted by molar-refractivity contribution is 5.96. The second-order valence-corrected chi connectivity index (χ2v) is 5.89. The van der Waals surface area contributed by atoms with Gasteiger partial charge in [0.1, 0.15) is 5.82 Å². The fourth-order valence-electron chi connectivity index (χ4n) is 1.78. The Kier molecular flexibility index (Phi) is 9.44. The molecule has 23 heavy (non-hydrogen) atoms. The number of anilines is 1. The van der Waals surface area contributed by atoms with Crippen molar-refractivity contribution in [1.29, 1.82) is 0 Å². The number of carbonyl (C=O) groups is 2. The molecule has 130 valence electrons. The first-order valence-corrected chi connectivity index (χ1v) is 7.41. The predicted octanol–water partition coefficient (Wildman–Crippen LogP) is 2.56. The van der Waals surface area contributed by atoms with Crippen LogP contribution < -0.4 is 16.4 Å². The molecule has 0 fully saturated rings. The van der Waals surface area contributed by atoms with Crippen LogP contribution in [0.25, 0.3) is 0 Å². The molecule has 0 heterocycles. The highest BCUT2D eigenvalue weighted by Gasteiger charge is 2.13. The molecule has 1 aromatic carbocycles. The van der Waals surface area contributed by atoms with Gasteiger partial charge in [0.25, 0.3) is 5.91 Å². The average molecular weight is 346 g/mol. The molecular weight excluding hydrogens is 321 g/mol. The van der Waals surface area contributed by atoms with Crippen molar-refractivity contribution >= 4 is 29.9 Å². The number of nitrogens with one attached hydrogen (secondary N) is 2. The fraction of sp³-hybridized carbons (Fsp3) is 0.500. The Morgan fingerprint density at radius 1 is 1.26 bits per heavy atom. The smallest absolute Gasteiger partial charge is 0.251 e. The Labute approximate surface area is 142 Å². The molecule has 4 N–H and O–H groups in total. The molecule has 0 saturated heterocycles. The van der Waals surface area contributed by atoms with Crippen molar-refractivity contribution in [3.63, 3.8) is 0 Å². The SMILES string of the molecule is CC(C)CC(=O)Nc1ccc(C(=O)NCC(C)CN)cc1F.Cl. The number of halogens is 2. The first kappa shape index (κ1) is 21.3. The summed E-state index contributed by atoms with van der Waals surface area (Å²) in [7, 11) is 0. The van der Waals surface area contributed by atoms with Crippen LogP contribution in [0.5, 0.6) is 0 Å². The van der Waals surface area contributed by atoms with E-state index in [0.29, 0.717) is 19.5 Å². The van der Waals surface area contributed by atoms with Crippen molar-refractivity contribution in [2.75, 3.05) is 18.4 Å². The molecule has 0 aromatic heterocycles. The highest BCUT2D eigenvalue weighted by atomic mass is 35.5. The summed E-state index contributed by atoms with van der Waals surface area (Å²) in [5.41, 5.74) is 5.76. The zero-order valence-electron chi connectivity index (χ0n) is 13.7. The van der Waals surface area contributed by atoms with E-state index >= 15 is 0 Å². The monoisotopic (exact) mass is 345 g/mol. The number of hydrogen-bond acceptors (Lipinski definition) is 3. The molecule has 0 aliphatic rings. The molecule has 0 aliphatic heterocycles. The quantitative estimate of drug-likeness (QED) is 0.710. The van der Waals surface area contributed by atoms with Gasteiger partial charge in [0.15, 0.2) is 0 Å². The highest BCUT2D eigenvalue weighted by Crippen LogP contribution is 2.17. The van der Waals surface area contributed by atoms with Crippen molar-refractivity contribution < 1.29 is 14.0 Å². The van der Waals surface area contributed by atoms with Gasteiger partial charge >= 0.3 is 0 Å². The molecule has 7 heteroatoms. The Bertz CT molecular complexity index is 538. The molecular formula is C16H25ClFN3O2. The average Bonchev–Trinajstić information content (AvgIpc) is 2.45. The lowest BCUT2D eigenvalue weighted by atomic mass is 10.1. The number of benzene rings is 1. The maximum Gasteiger partial charge on any atom is 0.251 e. The van der Waals surface area contributed by atoms with Gasteiger partial charge in [0.05, 0.1) is 5.69 Å². The molecule has 0 aliphatic carbocycles. The molecule has 0 saturated carbocycles. The molecule has 1 aromatic rings. The molecule has 5 nitrogen and oxygen atoms in total. The number of hydrogen-bond donors (Lipinski definition) is 3. The van der Waals surface area contributed by atoms with E-state index in [1.54, 1.807) is 0 Å². The van der Waals surface area contributed by atoms with Crippen LogP contribution >= 0.6 is 12.4 Å². The van der Waals surface area contributed by atoms with Crippen LogP contribution in [0.4, 0.5) is 10.1 Å². The van der Waals surface area contributed by atoms with Gasteiger partial charge in [-0.15, -0.1) is 12.4 Å². The van der Waals surface area contributed by atoms with Gasteiger partial charge in [-0.2, -0.15) is 0 Å². The fourth-order valence-corrected chi connectivity index (χ4v) is 1.78. The van der Waals surface area contributed by atoms with Crippen molar-refractivity contribution in [2.45, 2.75) is 27.2 Å². The summed E-state index contributed by atoms with van der Waals surface area (Å²) in [4.78, 5) is 23.5. The number of rotatable bonds is 7. The van der Waals surface area contributed by atoms with Crippen LogP contribution in [0.15, 0.2) is 18.2 Å². The van der Waals surface area contributed by atoms with Crippen molar-refractivity contribution in [3.8, 4) is 0 Å². The van der Waals surface area contributed by atoms with Crippen molar-refractivity contribution in [1.82, 2.24) is 5.32 Å². The van der Waals surface area contributed by atoms with E-state index in [1.165, 1.54) is 12.1 Å². The first-order valence-electron chi connectivity index (χ1n) is 7.41. The number of nitrogens with two attached hydrogens (primary N) is 1. The third kappa shape index (κ3) is 7.43. The van der Waals surface area contributed by atoms with E-state index in [2.05, 4.69) is 10.6 Å². The van der Waals surface area contributed by atoms with Gasteiger partial charge in [-0.3, -0.25) is 9.59 Å². The minimum absolute atomic E-state index is 0. The third-order valence-corrected chi connectivity index (χ3v) is 3.11. The summed E-state index contributed by atoms with van der Waals surface area (Å²) in [5, 5.41) is 5.20.